The van der Waals surface area contributed by atoms with E-state index in [1.165, 1.54) is 54.2 Å². The fraction of sp³-hybridized carbons (Fsp3) is 0.0870. The second-order valence-corrected chi connectivity index (χ2v) is 8.97. The molecule has 8 nitrogen and oxygen atoms in total. The lowest BCUT2D eigenvalue weighted by Crippen LogP contribution is -2.24. The highest BCUT2D eigenvalue weighted by molar-refractivity contribution is 7.92. The summed E-state index contributed by atoms with van der Waals surface area (Å²) in [6.45, 7) is 0. The molecular formula is C23H19FN4O4S. The number of sulfonamides is 1. The van der Waals surface area contributed by atoms with Crippen LogP contribution in [0.3, 0.4) is 0 Å². The van der Waals surface area contributed by atoms with E-state index < -0.39 is 15.8 Å². The first-order valence-corrected chi connectivity index (χ1v) is 11.3. The number of hydrogen-bond acceptors (Lipinski definition) is 5. The Morgan fingerprint density at radius 2 is 1.67 bits per heavy atom. The Morgan fingerprint density at radius 1 is 0.970 bits per heavy atom. The summed E-state index contributed by atoms with van der Waals surface area (Å²) in [5, 5.41) is 7.97. The van der Waals surface area contributed by atoms with Gasteiger partial charge in [0.25, 0.3) is 15.6 Å². The number of rotatable bonds is 6. The summed E-state index contributed by atoms with van der Waals surface area (Å²) in [6, 6.07) is 17.6. The number of carbonyl (C=O) groups is 1. The molecular weight excluding hydrogens is 447 g/mol. The summed E-state index contributed by atoms with van der Waals surface area (Å²) in [7, 11) is -2.41. The zero-order valence-electron chi connectivity index (χ0n) is 17.4. The molecule has 0 aliphatic carbocycles. The molecule has 0 saturated heterocycles. The monoisotopic (exact) mass is 466 g/mol. The fourth-order valence-electron chi connectivity index (χ4n) is 3.35. The van der Waals surface area contributed by atoms with Gasteiger partial charge in [-0.1, -0.05) is 24.3 Å². The largest absolute Gasteiger partial charge is 0.326 e. The maximum Gasteiger partial charge on any atom is 0.274 e. The number of fused-ring (bicyclic) bond motifs is 1. The van der Waals surface area contributed by atoms with Crippen LogP contribution < -0.4 is 15.6 Å². The number of amides is 1. The van der Waals surface area contributed by atoms with Crippen molar-refractivity contribution in [2.75, 3.05) is 10.0 Å². The lowest BCUT2D eigenvalue weighted by molar-refractivity contribution is -0.115. The van der Waals surface area contributed by atoms with Crippen molar-refractivity contribution in [3.63, 3.8) is 0 Å². The van der Waals surface area contributed by atoms with Crippen LogP contribution in [0, 0.1) is 5.82 Å². The van der Waals surface area contributed by atoms with Crippen LogP contribution in [-0.2, 0) is 28.3 Å². The molecule has 0 atom stereocenters. The van der Waals surface area contributed by atoms with E-state index in [4.69, 9.17) is 0 Å². The van der Waals surface area contributed by atoms with Crippen LogP contribution in [0.5, 0.6) is 0 Å². The summed E-state index contributed by atoms with van der Waals surface area (Å²) in [5.74, 6) is -0.936. The zero-order valence-corrected chi connectivity index (χ0v) is 18.3. The molecule has 2 N–H and O–H groups in total. The normalized spacial score (nSPS) is 11.3. The van der Waals surface area contributed by atoms with Crippen LogP contribution in [0.1, 0.15) is 5.69 Å². The summed E-state index contributed by atoms with van der Waals surface area (Å²) >= 11 is 0. The highest BCUT2D eigenvalue weighted by Gasteiger charge is 2.16. The molecule has 33 heavy (non-hydrogen) atoms. The molecule has 0 fully saturated rings. The van der Waals surface area contributed by atoms with Crippen LogP contribution >= 0.6 is 0 Å². The standard InChI is InChI=1S/C23H19FN4O4S/c1-28-23(30)20-8-3-2-7-19(20)21(26-28)14-22(29)25-16-9-11-18(12-10-16)33(31,32)27-17-6-4-5-15(24)13-17/h2-13,27H,14H2,1H3,(H,25,29). The Balaban J connectivity index is 1.48. The summed E-state index contributed by atoms with van der Waals surface area (Å²) in [4.78, 5) is 24.8. The van der Waals surface area contributed by atoms with Crippen molar-refractivity contribution in [1.29, 1.82) is 0 Å². The third-order valence-corrected chi connectivity index (χ3v) is 6.28. The van der Waals surface area contributed by atoms with Crippen molar-refractivity contribution in [1.82, 2.24) is 9.78 Å². The number of carbonyl (C=O) groups excluding carboxylic acids is 1. The van der Waals surface area contributed by atoms with Gasteiger partial charge in [0.05, 0.1) is 28.1 Å². The molecule has 0 aliphatic rings. The fourth-order valence-corrected chi connectivity index (χ4v) is 4.40. The van der Waals surface area contributed by atoms with E-state index in [9.17, 15) is 22.4 Å². The second kappa shape index (κ2) is 8.83. The van der Waals surface area contributed by atoms with Crippen LogP contribution in [0.4, 0.5) is 15.8 Å². The highest BCUT2D eigenvalue weighted by Crippen LogP contribution is 2.19. The number of aryl methyl sites for hydroxylation is 1. The van der Waals surface area contributed by atoms with Gasteiger partial charge in [-0.25, -0.2) is 17.5 Å². The molecule has 0 bridgehead atoms. The number of anilines is 2. The van der Waals surface area contributed by atoms with Gasteiger partial charge >= 0.3 is 0 Å². The van der Waals surface area contributed by atoms with Gasteiger partial charge in [-0.15, -0.1) is 0 Å². The van der Waals surface area contributed by atoms with Crippen LogP contribution in [-0.4, -0.2) is 24.1 Å². The third kappa shape index (κ3) is 4.90. The predicted molar refractivity (Wildman–Crippen MR) is 123 cm³/mol. The SMILES string of the molecule is Cn1nc(CC(=O)Nc2ccc(S(=O)(=O)Nc3cccc(F)c3)cc2)c2ccccc2c1=O. The van der Waals surface area contributed by atoms with Crippen molar-refractivity contribution < 1.29 is 17.6 Å². The van der Waals surface area contributed by atoms with E-state index in [1.54, 1.807) is 24.3 Å². The maximum absolute atomic E-state index is 13.3. The van der Waals surface area contributed by atoms with E-state index in [2.05, 4.69) is 15.1 Å². The lowest BCUT2D eigenvalue weighted by Gasteiger charge is -2.10. The molecule has 4 aromatic rings. The number of nitrogens with zero attached hydrogens (tertiary/aromatic N) is 2. The molecule has 10 heteroatoms. The summed E-state index contributed by atoms with van der Waals surface area (Å²) < 4.78 is 41.8. The summed E-state index contributed by atoms with van der Waals surface area (Å²) in [5.41, 5.74) is 0.685. The Bertz CT molecular complexity index is 1520. The quantitative estimate of drug-likeness (QED) is 0.454. The molecule has 0 unspecified atom stereocenters. The Hall–Kier alpha value is -4.05. The number of hydrogen-bond donors (Lipinski definition) is 2. The first-order valence-electron chi connectivity index (χ1n) is 9.86. The molecule has 1 aromatic heterocycles. The predicted octanol–water partition coefficient (Wildman–Crippen LogP) is 3.05. The molecule has 0 radical (unpaired) electrons. The topological polar surface area (TPSA) is 110 Å². The molecule has 0 saturated carbocycles. The van der Waals surface area contributed by atoms with E-state index >= 15 is 0 Å². The number of aromatic nitrogens is 2. The second-order valence-electron chi connectivity index (χ2n) is 7.29. The lowest BCUT2D eigenvalue weighted by atomic mass is 10.1. The maximum atomic E-state index is 13.3. The molecule has 0 aliphatic heterocycles. The van der Waals surface area contributed by atoms with E-state index in [0.29, 0.717) is 22.2 Å². The number of nitrogens with one attached hydrogen (secondary N) is 2. The summed E-state index contributed by atoms with van der Waals surface area (Å²) in [6.07, 6.45) is -0.0736. The van der Waals surface area contributed by atoms with Gasteiger partial charge in [-0.05, 0) is 48.5 Å². The van der Waals surface area contributed by atoms with Gasteiger partial charge < -0.3 is 5.32 Å². The molecule has 4 rings (SSSR count). The van der Waals surface area contributed by atoms with Crippen molar-refractivity contribution in [2.45, 2.75) is 11.3 Å². The van der Waals surface area contributed by atoms with Gasteiger partial charge in [-0.3, -0.25) is 14.3 Å². The molecule has 3 aromatic carbocycles. The van der Waals surface area contributed by atoms with Gasteiger partial charge in [0.2, 0.25) is 5.91 Å². The zero-order chi connectivity index (χ0) is 23.6. The van der Waals surface area contributed by atoms with Crippen molar-refractivity contribution in [2.24, 2.45) is 7.05 Å². The minimum atomic E-state index is -3.93. The average molecular weight is 466 g/mol. The highest BCUT2D eigenvalue weighted by atomic mass is 32.2. The minimum Gasteiger partial charge on any atom is -0.326 e. The van der Waals surface area contributed by atoms with E-state index in [1.807, 2.05) is 0 Å². The first kappa shape index (κ1) is 22.2. The van der Waals surface area contributed by atoms with Gasteiger partial charge in [0, 0.05) is 18.1 Å². The molecule has 168 valence electrons. The van der Waals surface area contributed by atoms with Crippen molar-refractivity contribution in [3.8, 4) is 0 Å². The Morgan fingerprint density at radius 3 is 2.36 bits per heavy atom. The van der Waals surface area contributed by atoms with Crippen LogP contribution in [0.15, 0.2) is 82.5 Å². The molecule has 1 heterocycles. The van der Waals surface area contributed by atoms with Gasteiger partial charge in [0.1, 0.15) is 5.82 Å². The third-order valence-electron chi connectivity index (χ3n) is 4.89. The first-order chi connectivity index (χ1) is 15.7. The Kier molecular flexibility index (Phi) is 5.93. The van der Waals surface area contributed by atoms with E-state index in [-0.39, 0.29) is 28.5 Å². The smallest absolute Gasteiger partial charge is 0.274 e. The number of benzene rings is 3. The minimum absolute atomic E-state index is 0.0459. The molecule has 1 amide bonds. The van der Waals surface area contributed by atoms with Gasteiger partial charge in [0.15, 0.2) is 0 Å². The number of halogens is 1. The Labute approximate surface area is 188 Å². The molecule has 0 spiro atoms. The van der Waals surface area contributed by atoms with E-state index in [0.717, 1.165) is 6.07 Å². The van der Waals surface area contributed by atoms with Crippen molar-refractivity contribution in [3.05, 3.63) is 94.7 Å². The van der Waals surface area contributed by atoms with Gasteiger partial charge in [-0.2, -0.15) is 5.10 Å². The van der Waals surface area contributed by atoms with Crippen molar-refractivity contribution >= 4 is 38.1 Å². The van der Waals surface area contributed by atoms with Crippen LogP contribution in [0.2, 0.25) is 0 Å². The average Bonchev–Trinajstić information content (AvgIpc) is 2.77. The van der Waals surface area contributed by atoms with Crippen LogP contribution in [0.25, 0.3) is 10.8 Å².